The van der Waals surface area contributed by atoms with Gasteiger partial charge in [-0.2, -0.15) is 10.1 Å². The SMILES string of the molecule is CCOc1cc(C2C(C(=O)Nc3cccc(C)c3C)=C(C)Nc3ncnn32)ccc1OCc1ccc(Cl)cc1Cl. The number of nitrogens with zero attached hydrogens (tertiary/aromatic N) is 3. The molecule has 2 N–H and O–H groups in total. The van der Waals surface area contributed by atoms with Crippen LogP contribution < -0.4 is 20.1 Å². The first kappa shape index (κ1) is 27.6. The Morgan fingerprint density at radius 1 is 1.05 bits per heavy atom. The van der Waals surface area contributed by atoms with Gasteiger partial charge in [-0.1, -0.05) is 47.5 Å². The number of amides is 1. The molecule has 0 spiro atoms. The van der Waals surface area contributed by atoms with Gasteiger partial charge in [0.1, 0.15) is 19.0 Å². The number of nitrogens with one attached hydrogen (secondary N) is 2. The van der Waals surface area contributed by atoms with E-state index in [-0.39, 0.29) is 12.5 Å². The van der Waals surface area contributed by atoms with Crippen LogP contribution in [0.3, 0.4) is 0 Å². The molecule has 0 saturated carbocycles. The summed E-state index contributed by atoms with van der Waals surface area (Å²) in [7, 11) is 0. The number of carbonyl (C=O) groups excluding carboxylic acids is 1. The molecule has 0 radical (unpaired) electrons. The van der Waals surface area contributed by atoms with E-state index in [1.165, 1.54) is 6.33 Å². The number of allylic oxidation sites excluding steroid dienone is 1. The molecule has 4 aromatic rings. The van der Waals surface area contributed by atoms with Crippen LogP contribution >= 0.6 is 23.2 Å². The van der Waals surface area contributed by atoms with Crippen molar-refractivity contribution >= 4 is 40.7 Å². The number of benzene rings is 3. The van der Waals surface area contributed by atoms with Crippen molar-refractivity contribution in [3.63, 3.8) is 0 Å². The number of aryl methyl sites for hydroxylation is 1. The number of hydrogen-bond acceptors (Lipinski definition) is 6. The summed E-state index contributed by atoms with van der Waals surface area (Å²) in [4.78, 5) is 18.1. The van der Waals surface area contributed by atoms with E-state index in [0.717, 1.165) is 27.9 Å². The zero-order valence-electron chi connectivity index (χ0n) is 22.6. The monoisotopic (exact) mass is 577 g/mol. The fraction of sp³-hybridized carbons (Fsp3) is 0.233. The van der Waals surface area contributed by atoms with Gasteiger partial charge in [0.05, 0.1) is 12.2 Å². The Balaban J connectivity index is 1.50. The Kier molecular flexibility index (Phi) is 8.00. The molecule has 0 fully saturated rings. The minimum atomic E-state index is -0.553. The minimum Gasteiger partial charge on any atom is -0.490 e. The molecule has 1 aliphatic rings. The van der Waals surface area contributed by atoms with Gasteiger partial charge in [0.15, 0.2) is 11.5 Å². The van der Waals surface area contributed by atoms with Gasteiger partial charge in [0.2, 0.25) is 5.95 Å². The molecule has 3 aromatic carbocycles. The maximum atomic E-state index is 13.8. The van der Waals surface area contributed by atoms with Crippen molar-refractivity contribution in [2.75, 3.05) is 17.2 Å². The molecule has 40 heavy (non-hydrogen) atoms. The molecule has 1 aromatic heterocycles. The van der Waals surface area contributed by atoms with Crippen LogP contribution in [0.2, 0.25) is 10.0 Å². The summed E-state index contributed by atoms with van der Waals surface area (Å²) >= 11 is 12.4. The fourth-order valence-corrected chi connectivity index (χ4v) is 5.11. The second kappa shape index (κ2) is 11.6. The first-order valence-corrected chi connectivity index (χ1v) is 13.6. The predicted octanol–water partition coefficient (Wildman–Crippen LogP) is 7.11. The molecule has 2 heterocycles. The molecule has 0 bridgehead atoms. The van der Waals surface area contributed by atoms with Crippen LogP contribution in [0.25, 0.3) is 0 Å². The normalized spacial score (nSPS) is 14.4. The lowest BCUT2D eigenvalue weighted by Crippen LogP contribution is -2.31. The van der Waals surface area contributed by atoms with E-state index in [1.807, 2.05) is 70.2 Å². The van der Waals surface area contributed by atoms with Gasteiger partial charge in [0.25, 0.3) is 5.91 Å². The number of hydrogen-bond donors (Lipinski definition) is 2. The van der Waals surface area contributed by atoms with E-state index in [1.54, 1.807) is 16.8 Å². The van der Waals surface area contributed by atoms with Crippen LogP contribution in [0.1, 0.15) is 42.1 Å². The predicted molar refractivity (Wildman–Crippen MR) is 157 cm³/mol. The van der Waals surface area contributed by atoms with Gasteiger partial charge >= 0.3 is 0 Å². The van der Waals surface area contributed by atoms with Crippen LogP contribution in [0, 0.1) is 13.8 Å². The van der Waals surface area contributed by atoms with Gasteiger partial charge in [-0.15, -0.1) is 0 Å². The van der Waals surface area contributed by atoms with Crippen LogP contribution in [0.5, 0.6) is 11.5 Å². The van der Waals surface area contributed by atoms with Crippen LogP contribution in [0.15, 0.2) is 72.2 Å². The average Bonchev–Trinajstić information content (AvgIpc) is 3.38. The Bertz CT molecular complexity index is 1610. The minimum absolute atomic E-state index is 0.235. The zero-order valence-corrected chi connectivity index (χ0v) is 24.1. The van der Waals surface area contributed by atoms with Gasteiger partial charge < -0.3 is 20.1 Å². The summed E-state index contributed by atoms with van der Waals surface area (Å²) < 4.78 is 13.8. The molecule has 1 unspecified atom stereocenters. The largest absolute Gasteiger partial charge is 0.490 e. The zero-order chi connectivity index (χ0) is 28.4. The molecular formula is C30H29Cl2N5O3. The van der Waals surface area contributed by atoms with Crippen LogP contribution in [0.4, 0.5) is 11.6 Å². The lowest BCUT2D eigenvalue weighted by Gasteiger charge is -2.29. The molecule has 1 atom stereocenters. The van der Waals surface area contributed by atoms with Crippen LogP contribution in [-0.2, 0) is 11.4 Å². The summed E-state index contributed by atoms with van der Waals surface area (Å²) in [6.07, 6.45) is 1.46. The van der Waals surface area contributed by atoms with Crippen molar-refractivity contribution in [3.8, 4) is 11.5 Å². The summed E-state index contributed by atoms with van der Waals surface area (Å²) in [6, 6.07) is 16.2. The highest BCUT2D eigenvalue weighted by Gasteiger charge is 2.34. The molecule has 0 aliphatic carbocycles. The summed E-state index contributed by atoms with van der Waals surface area (Å²) in [5.74, 6) is 1.39. The summed E-state index contributed by atoms with van der Waals surface area (Å²) in [6.45, 7) is 8.43. The number of anilines is 2. The third-order valence-electron chi connectivity index (χ3n) is 6.87. The molecular weight excluding hydrogens is 549 g/mol. The van der Waals surface area contributed by atoms with Gasteiger partial charge in [0, 0.05) is 27.0 Å². The second-order valence-corrected chi connectivity index (χ2v) is 10.3. The lowest BCUT2D eigenvalue weighted by molar-refractivity contribution is -0.113. The quantitative estimate of drug-likeness (QED) is 0.232. The number of rotatable bonds is 8. The third-order valence-corrected chi connectivity index (χ3v) is 7.46. The van der Waals surface area contributed by atoms with E-state index < -0.39 is 6.04 Å². The van der Waals surface area contributed by atoms with E-state index >= 15 is 0 Å². The standard InChI is InChI=1S/C30H29Cl2N5O3/c1-5-39-26-13-20(10-12-25(26)40-15-21-9-11-22(31)14-23(21)32)28-27(19(4)35-30-33-16-34-37(28)30)29(38)36-24-8-6-7-17(2)18(24)3/h6-14,16,28H,5,15H2,1-4H3,(H,36,38)(H,33,34,35). The molecule has 1 amide bonds. The Morgan fingerprint density at radius 2 is 1.88 bits per heavy atom. The number of carbonyl (C=O) groups is 1. The fourth-order valence-electron chi connectivity index (χ4n) is 4.65. The first-order chi connectivity index (χ1) is 19.3. The molecule has 0 saturated heterocycles. The van der Waals surface area contributed by atoms with E-state index in [4.69, 9.17) is 32.7 Å². The van der Waals surface area contributed by atoms with E-state index in [2.05, 4.69) is 20.7 Å². The van der Waals surface area contributed by atoms with Crippen molar-refractivity contribution in [2.24, 2.45) is 0 Å². The van der Waals surface area contributed by atoms with Gasteiger partial charge in [-0.25, -0.2) is 4.68 Å². The van der Waals surface area contributed by atoms with Crippen molar-refractivity contribution in [1.29, 1.82) is 0 Å². The van der Waals surface area contributed by atoms with Crippen LogP contribution in [-0.4, -0.2) is 27.3 Å². The smallest absolute Gasteiger partial charge is 0.255 e. The first-order valence-electron chi connectivity index (χ1n) is 12.8. The van der Waals surface area contributed by atoms with Crippen molar-refractivity contribution < 1.29 is 14.3 Å². The maximum absolute atomic E-state index is 13.8. The molecule has 1 aliphatic heterocycles. The molecule has 206 valence electrons. The highest BCUT2D eigenvalue weighted by Crippen LogP contribution is 2.39. The number of aromatic nitrogens is 3. The summed E-state index contributed by atoms with van der Waals surface area (Å²) in [5.41, 5.74) is 5.65. The van der Waals surface area contributed by atoms with E-state index in [0.29, 0.717) is 45.4 Å². The van der Waals surface area contributed by atoms with Crippen molar-refractivity contribution in [1.82, 2.24) is 14.8 Å². The highest BCUT2D eigenvalue weighted by molar-refractivity contribution is 6.35. The molecule has 5 rings (SSSR count). The Labute approximate surface area is 242 Å². The molecule has 10 heteroatoms. The Morgan fingerprint density at radius 3 is 2.65 bits per heavy atom. The lowest BCUT2D eigenvalue weighted by atomic mass is 9.94. The molecule has 8 nitrogen and oxygen atoms in total. The van der Waals surface area contributed by atoms with Crippen molar-refractivity contribution in [2.45, 2.75) is 40.3 Å². The number of ether oxygens (including phenoxy) is 2. The second-order valence-electron chi connectivity index (χ2n) is 9.46. The number of halogens is 2. The summed E-state index contributed by atoms with van der Waals surface area (Å²) in [5, 5.41) is 11.8. The highest BCUT2D eigenvalue weighted by atomic mass is 35.5. The maximum Gasteiger partial charge on any atom is 0.255 e. The van der Waals surface area contributed by atoms with Crippen molar-refractivity contribution in [3.05, 3.63) is 104 Å². The van der Waals surface area contributed by atoms with Gasteiger partial charge in [-0.3, -0.25) is 4.79 Å². The Hall–Kier alpha value is -4.01. The third kappa shape index (κ3) is 5.50. The van der Waals surface area contributed by atoms with Gasteiger partial charge in [-0.05, 0) is 74.7 Å². The average molecular weight is 579 g/mol. The van der Waals surface area contributed by atoms with E-state index in [9.17, 15) is 4.79 Å². The number of fused-ring (bicyclic) bond motifs is 1. The topological polar surface area (TPSA) is 90.3 Å².